The molecule has 0 aliphatic carbocycles. The van der Waals surface area contributed by atoms with Crippen molar-refractivity contribution >= 4 is 17.7 Å². The summed E-state index contributed by atoms with van der Waals surface area (Å²) in [7, 11) is 0. The molecule has 1 aliphatic heterocycles. The lowest BCUT2D eigenvalue weighted by Gasteiger charge is -2.29. The number of likely N-dealkylation sites (tertiary alicyclic amines) is 1. The van der Waals surface area contributed by atoms with Gasteiger partial charge in [-0.1, -0.05) is 30.3 Å². The van der Waals surface area contributed by atoms with Crippen LogP contribution in [-0.4, -0.2) is 29.1 Å². The summed E-state index contributed by atoms with van der Waals surface area (Å²) in [5.41, 5.74) is 1.29. The first-order valence-corrected chi connectivity index (χ1v) is 7.76. The summed E-state index contributed by atoms with van der Waals surface area (Å²) in [6, 6.07) is 10.4. The second kappa shape index (κ2) is 6.83. The molecule has 2 nitrogen and oxygen atoms in total. The minimum absolute atomic E-state index is 0.0725. The minimum Gasteiger partial charge on any atom is -0.342 e. The molecule has 2 rings (SSSR count). The fourth-order valence-electron chi connectivity index (χ4n) is 2.24. The average molecular weight is 263 g/mol. The van der Waals surface area contributed by atoms with Gasteiger partial charge in [0, 0.05) is 18.8 Å². The molecule has 0 saturated carbocycles. The van der Waals surface area contributed by atoms with Gasteiger partial charge in [0.2, 0.25) is 5.91 Å². The molecule has 1 aromatic rings. The molecule has 0 bridgehead atoms. The molecule has 3 heteroatoms. The maximum Gasteiger partial charge on any atom is 0.235 e. The molecule has 98 valence electrons. The van der Waals surface area contributed by atoms with Crippen LogP contribution in [-0.2, 0) is 10.5 Å². The van der Waals surface area contributed by atoms with Gasteiger partial charge in [-0.2, -0.15) is 0 Å². The number of carbonyl (C=O) groups excluding carboxylic acids is 1. The minimum atomic E-state index is 0.0725. The van der Waals surface area contributed by atoms with E-state index in [1.54, 1.807) is 11.8 Å². The third-order valence-electron chi connectivity index (χ3n) is 3.36. The fourth-order valence-corrected chi connectivity index (χ4v) is 3.16. The third kappa shape index (κ3) is 3.77. The first kappa shape index (κ1) is 13.5. The van der Waals surface area contributed by atoms with E-state index in [0.29, 0.717) is 5.91 Å². The quantitative estimate of drug-likeness (QED) is 0.830. The lowest BCUT2D eigenvalue weighted by Crippen LogP contribution is -2.40. The Morgan fingerprint density at radius 2 is 1.89 bits per heavy atom. The van der Waals surface area contributed by atoms with Crippen molar-refractivity contribution in [2.45, 2.75) is 37.2 Å². The molecule has 1 amide bonds. The zero-order valence-corrected chi connectivity index (χ0v) is 11.8. The van der Waals surface area contributed by atoms with Crippen LogP contribution in [0.25, 0.3) is 0 Å². The van der Waals surface area contributed by atoms with Crippen molar-refractivity contribution in [1.82, 2.24) is 4.90 Å². The van der Waals surface area contributed by atoms with Crippen LogP contribution in [0.4, 0.5) is 0 Å². The van der Waals surface area contributed by atoms with Gasteiger partial charge in [-0.05, 0) is 31.7 Å². The SMILES string of the molecule is C[C@H](SCc1ccccc1)C(=O)N1CCCCC1. The highest BCUT2D eigenvalue weighted by Crippen LogP contribution is 2.21. The van der Waals surface area contributed by atoms with Crippen LogP contribution in [0.3, 0.4) is 0 Å². The molecule has 1 fully saturated rings. The lowest BCUT2D eigenvalue weighted by atomic mass is 10.1. The van der Waals surface area contributed by atoms with E-state index in [1.165, 1.54) is 24.8 Å². The monoisotopic (exact) mass is 263 g/mol. The predicted molar refractivity (Wildman–Crippen MR) is 77.6 cm³/mol. The number of piperidine rings is 1. The van der Waals surface area contributed by atoms with E-state index >= 15 is 0 Å². The highest BCUT2D eigenvalue weighted by Gasteiger charge is 2.22. The van der Waals surface area contributed by atoms with Gasteiger partial charge in [-0.15, -0.1) is 11.8 Å². The Balaban J connectivity index is 1.80. The van der Waals surface area contributed by atoms with Crippen molar-refractivity contribution in [2.24, 2.45) is 0 Å². The summed E-state index contributed by atoms with van der Waals surface area (Å²) in [6.45, 7) is 3.94. The van der Waals surface area contributed by atoms with E-state index in [9.17, 15) is 4.79 Å². The zero-order chi connectivity index (χ0) is 12.8. The molecule has 0 N–H and O–H groups in total. The van der Waals surface area contributed by atoms with Crippen LogP contribution < -0.4 is 0 Å². The molecule has 1 aromatic carbocycles. The molecular formula is C15H21NOS. The Kier molecular flexibility index (Phi) is 5.12. The summed E-state index contributed by atoms with van der Waals surface area (Å²) >= 11 is 1.74. The Labute approximate surface area is 114 Å². The van der Waals surface area contributed by atoms with Gasteiger partial charge < -0.3 is 4.90 Å². The summed E-state index contributed by atoms with van der Waals surface area (Å²) in [4.78, 5) is 14.3. The maximum atomic E-state index is 12.2. The number of nitrogens with zero attached hydrogens (tertiary/aromatic N) is 1. The van der Waals surface area contributed by atoms with Crippen LogP contribution in [0.2, 0.25) is 0 Å². The van der Waals surface area contributed by atoms with E-state index in [4.69, 9.17) is 0 Å². The van der Waals surface area contributed by atoms with Gasteiger partial charge >= 0.3 is 0 Å². The number of rotatable bonds is 4. The number of benzene rings is 1. The molecule has 1 heterocycles. The Bertz CT molecular complexity index is 373. The Hall–Kier alpha value is -0.960. The van der Waals surface area contributed by atoms with Crippen LogP contribution >= 0.6 is 11.8 Å². The van der Waals surface area contributed by atoms with Crippen LogP contribution in [0.5, 0.6) is 0 Å². The highest BCUT2D eigenvalue weighted by atomic mass is 32.2. The molecule has 0 unspecified atom stereocenters. The van der Waals surface area contributed by atoms with Crippen molar-refractivity contribution in [3.8, 4) is 0 Å². The molecule has 1 aliphatic rings. The summed E-state index contributed by atoms with van der Waals surface area (Å²) in [5.74, 6) is 1.23. The van der Waals surface area contributed by atoms with Crippen LogP contribution in [0.1, 0.15) is 31.7 Å². The van der Waals surface area contributed by atoms with Gasteiger partial charge in [-0.25, -0.2) is 0 Å². The lowest BCUT2D eigenvalue weighted by molar-refractivity contribution is -0.131. The number of hydrogen-bond acceptors (Lipinski definition) is 2. The van der Waals surface area contributed by atoms with E-state index in [-0.39, 0.29) is 5.25 Å². The third-order valence-corrected chi connectivity index (χ3v) is 4.56. The predicted octanol–water partition coefficient (Wildman–Crippen LogP) is 3.32. The Morgan fingerprint density at radius 1 is 1.22 bits per heavy atom. The van der Waals surface area contributed by atoms with E-state index in [1.807, 2.05) is 30.0 Å². The van der Waals surface area contributed by atoms with E-state index < -0.39 is 0 Å². The molecule has 0 radical (unpaired) electrons. The smallest absolute Gasteiger partial charge is 0.235 e. The van der Waals surface area contributed by atoms with Crippen molar-refractivity contribution in [2.75, 3.05) is 13.1 Å². The topological polar surface area (TPSA) is 20.3 Å². The molecule has 1 saturated heterocycles. The second-order valence-electron chi connectivity index (χ2n) is 4.82. The van der Waals surface area contributed by atoms with E-state index in [2.05, 4.69) is 12.1 Å². The zero-order valence-electron chi connectivity index (χ0n) is 11.0. The first-order chi connectivity index (χ1) is 8.77. The number of hydrogen-bond donors (Lipinski definition) is 0. The van der Waals surface area contributed by atoms with E-state index in [0.717, 1.165) is 18.8 Å². The van der Waals surface area contributed by atoms with Gasteiger partial charge in [-0.3, -0.25) is 4.79 Å². The van der Waals surface area contributed by atoms with Crippen molar-refractivity contribution in [3.63, 3.8) is 0 Å². The molecule has 1 atom stereocenters. The van der Waals surface area contributed by atoms with Crippen LogP contribution in [0, 0.1) is 0 Å². The van der Waals surface area contributed by atoms with Gasteiger partial charge in [0.1, 0.15) is 0 Å². The van der Waals surface area contributed by atoms with Crippen molar-refractivity contribution < 1.29 is 4.79 Å². The number of thioether (sulfide) groups is 1. The normalized spacial score (nSPS) is 17.5. The summed E-state index contributed by atoms with van der Waals surface area (Å²) in [6.07, 6.45) is 3.61. The molecule has 0 aromatic heterocycles. The fraction of sp³-hybridized carbons (Fsp3) is 0.533. The molecule has 18 heavy (non-hydrogen) atoms. The number of amides is 1. The summed E-state index contributed by atoms with van der Waals surface area (Å²) in [5, 5.41) is 0.0725. The molecular weight excluding hydrogens is 242 g/mol. The van der Waals surface area contributed by atoms with Gasteiger partial charge in [0.05, 0.1) is 5.25 Å². The number of carbonyl (C=O) groups is 1. The highest BCUT2D eigenvalue weighted by molar-refractivity contribution is 7.99. The largest absolute Gasteiger partial charge is 0.342 e. The van der Waals surface area contributed by atoms with Gasteiger partial charge in [0.25, 0.3) is 0 Å². The standard InChI is InChI=1S/C15H21NOS/c1-13(15(17)16-10-6-3-7-11-16)18-12-14-8-4-2-5-9-14/h2,4-5,8-9,13H,3,6-7,10-12H2,1H3/t13-/m0/s1. The second-order valence-corrected chi connectivity index (χ2v) is 6.15. The van der Waals surface area contributed by atoms with Crippen LogP contribution in [0.15, 0.2) is 30.3 Å². The average Bonchev–Trinajstić information content (AvgIpc) is 2.46. The van der Waals surface area contributed by atoms with Crippen molar-refractivity contribution in [3.05, 3.63) is 35.9 Å². The maximum absolute atomic E-state index is 12.2. The molecule has 0 spiro atoms. The first-order valence-electron chi connectivity index (χ1n) is 6.71. The Morgan fingerprint density at radius 3 is 2.56 bits per heavy atom. The summed E-state index contributed by atoms with van der Waals surface area (Å²) < 4.78 is 0. The van der Waals surface area contributed by atoms with Crippen molar-refractivity contribution in [1.29, 1.82) is 0 Å². The van der Waals surface area contributed by atoms with Gasteiger partial charge in [0.15, 0.2) is 0 Å².